The fourth-order valence-corrected chi connectivity index (χ4v) is 2.05. The van der Waals surface area contributed by atoms with Crippen molar-refractivity contribution in [3.8, 4) is 0 Å². The fraction of sp³-hybridized carbons (Fsp3) is 0.429. The summed E-state index contributed by atoms with van der Waals surface area (Å²) in [6.45, 7) is 7.65. The van der Waals surface area contributed by atoms with Gasteiger partial charge in [-0.05, 0) is 6.92 Å². The van der Waals surface area contributed by atoms with E-state index >= 15 is 0 Å². The van der Waals surface area contributed by atoms with E-state index in [1.807, 2.05) is 6.07 Å². The molecule has 0 spiro atoms. The first kappa shape index (κ1) is 12.8. The maximum absolute atomic E-state index is 5.36. The standard InChI is InChI=1S/C14H22NO/c1-5-16-13(2)11-15(3,4)12-14-9-7-6-8-10-14/h5-10,13H,1,11-12H2,2-4H3/q+1. The third-order valence-electron chi connectivity index (χ3n) is 2.53. The minimum Gasteiger partial charge on any atom is -0.493 e. The lowest BCUT2D eigenvalue weighted by Gasteiger charge is -2.32. The number of nitrogens with zero attached hydrogens (tertiary/aromatic N) is 1. The Morgan fingerprint density at radius 3 is 2.50 bits per heavy atom. The first-order valence-electron chi connectivity index (χ1n) is 5.66. The second kappa shape index (κ2) is 5.71. The van der Waals surface area contributed by atoms with Gasteiger partial charge in [0.15, 0.2) is 0 Å². The van der Waals surface area contributed by atoms with Crippen LogP contribution >= 0.6 is 0 Å². The van der Waals surface area contributed by atoms with E-state index in [-0.39, 0.29) is 6.10 Å². The Kier molecular flexibility index (Phi) is 4.56. The second-order valence-electron chi connectivity index (χ2n) is 4.88. The van der Waals surface area contributed by atoms with E-state index in [9.17, 15) is 0 Å². The topological polar surface area (TPSA) is 9.23 Å². The molecule has 0 saturated carbocycles. The third-order valence-corrected chi connectivity index (χ3v) is 2.53. The first-order valence-corrected chi connectivity index (χ1v) is 5.66. The van der Waals surface area contributed by atoms with Gasteiger partial charge in [-0.2, -0.15) is 0 Å². The zero-order chi connectivity index (χ0) is 12.0. The Morgan fingerprint density at radius 2 is 1.94 bits per heavy atom. The van der Waals surface area contributed by atoms with E-state index in [0.29, 0.717) is 0 Å². The minimum atomic E-state index is 0.205. The van der Waals surface area contributed by atoms with E-state index in [1.54, 1.807) is 0 Å². The summed E-state index contributed by atoms with van der Waals surface area (Å²) < 4.78 is 6.28. The number of hydrogen-bond acceptors (Lipinski definition) is 1. The van der Waals surface area contributed by atoms with Crippen molar-refractivity contribution in [1.29, 1.82) is 0 Å². The molecular weight excluding hydrogens is 198 g/mol. The number of quaternary nitrogens is 1. The van der Waals surface area contributed by atoms with Gasteiger partial charge in [-0.15, -0.1) is 0 Å². The van der Waals surface area contributed by atoms with Gasteiger partial charge in [0.2, 0.25) is 0 Å². The van der Waals surface area contributed by atoms with Gasteiger partial charge in [0.25, 0.3) is 0 Å². The van der Waals surface area contributed by atoms with Crippen molar-refractivity contribution in [2.24, 2.45) is 0 Å². The number of rotatable bonds is 6. The highest BCUT2D eigenvalue weighted by Crippen LogP contribution is 2.10. The molecule has 0 aliphatic rings. The molecule has 0 aromatic heterocycles. The summed E-state index contributed by atoms with van der Waals surface area (Å²) in [6.07, 6.45) is 1.73. The number of benzene rings is 1. The van der Waals surface area contributed by atoms with Crippen LogP contribution in [0.25, 0.3) is 0 Å². The SMILES string of the molecule is C=COC(C)C[N+](C)(C)Cc1ccccc1. The van der Waals surface area contributed by atoms with Crippen LogP contribution in [0.1, 0.15) is 12.5 Å². The highest BCUT2D eigenvalue weighted by atomic mass is 16.5. The highest BCUT2D eigenvalue weighted by Gasteiger charge is 2.19. The zero-order valence-corrected chi connectivity index (χ0v) is 10.5. The molecule has 0 heterocycles. The zero-order valence-electron chi connectivity index (χ0n) is 10.5. The van der Waals surface area contributed by atoms with Crippen LogP contribution in [0.5, 0.6) is 0 Å². The van der Waals surface area contributed by atoms with E-state index in [2.05, 4.69) is 51.9 Å². The maximum atomic E-state index is 5.36. The fourth-order valence-electron chi connectivity index (χ4n) is 2.05. The Hall–Kier alpha value is -1.28. The summed E-state index contributed by atoms with van der Waals surface area (Å²) in [4.78, 5) is 0. The smallest absolute Gasteiger partial charge is 0.144 e. The summed E-state index contributed by atoms with van der Waals surface area (Å²) in [6, 6.07) is 10.5. The van der Waals surface area contributed by atoms with E-state index in [1.165, 1.54) is 11.8 Å². The molecule has 2 nitrogen and oxygen atoms in total. The molecule has 1 atom stereocenters. The van der Waals surface area contributed by atoms with Crippen molar-refractivity contribution in [1.82, 2.24) is 0 Å². The minimum absolute atomic E-state index is 0.205. The summed E-state index contributed by atoms with van der Waals surface area (Å²) in [5.74, 6) is 0. The predicted molar refractivity (Wildman–Crippen MR) is 67.9 cm³/mol. The molecular formula is C14H22NO+. The van der Waals surface area contributed by atoms with Crippen molar-refractivity contribution in [3.63, 3.8) is 0 Å². The number of hydrogen-bond donors (Lipinski definition) is 0. The lowest BCUT2D eigenvalue weighted by molar-refractivity contribution is -0.906. The number of ether oxygens (including phenoxy) is 1. The van der Waals surface area contributed by atoms with Gasteiger partial charge >= 0.3 is 0 Å². The van der Waals surface area contributed by atoms with Gasteiger partial charge in [-0.1, -0.05) is 36.9 Å². The third kappa shape index (κ3) is 4.49. The monoisotopic (exact) mass is 220 g/mol. The summed E-state index contributed by atoms with van der Waals surface area (Å²) in [5.41, 5.74) is 1.36. The first-order chi connectivity index (χ1) is 7.53. The molecule has 0 radical (unpaired) electrons. The van der Waals surface area contributed by atoms with Crippen molar-refractivity contribution in [2.75, 3.05) is 20.6 Å². The summed E-state index contributed by atoms with van der Waals surface area (Å²) in [5, 5.41) is 0. The lowest BCUT2D eigenvalue weighted by Crippen LogP contribution is -2.44. The van der Waals surface area contributed by atoms with Gasteiger partial charge in [-0.25, -0.2) is 0 Å². The molecule has 1 aromatic rings. The van der Waals surface area contributed by atoms with Crippen LogP contribution in [0.15, 0.2) is 43.2 Å². The average Bonchev–Trinajstić information content (AvgIpc) is 2.17. The molecule has 0 aliphatic heterocycles. The van der Waals surface area contributed by atoms with Gasteiger partial charge in [0.1, 0.15) is 19.2 Å². The van der Waals surface area contributed by atoms with Crippen LogP contribution in [0.3, 0.4) is 0 Å². The van der Waals surface area contributed by atoms with Gasteiger partial charge < -0.3 is 9.22 Å². The Labute approximate surface area is 98.7 Å². The molecule has 0 N–H and O–H groups in total. The quantitative estimate of drug-likeness (QED) is 0.529. The maximum Gasteiger partial charge on any atom is 0.144 e. The van der Waals surface area contributed by atoms with Crippen LogP contribution in [-0.4, -0.2) is 31.2 Å². The largest absolute Gasteiger partial charge is 0.493 e. The van der Waals surface area contributed by atoms with E-state index in [4.69, 9.17) is 4.74 Å². The molecule has 0 amide bonds. The Balaban J connectivity index is 2.54. The molecule has 1 unspecified atom stereocenters. The van der Waals surface area contributed by atoms with Gasteiger partial charge in [0.05, 0.1) is 20.4 Å². The molecule has 1 aromatic carbocycles. The average molecular weight is 220 g/mol. The second-order valence-corrected chi connectivity index (χ2v) is 4.88. The summed E-state index contributed by atoms with van der Waals surface area (Å²) in [7, 11) is 4.44. The Bertz CT molecular complexity index is 319. The van der Waals surface area contributed by atoms with E-state index < -0.39 is 0 Å². The van der Waals surface area contributed by atoms with Crippen LogP contribution in [0, 0.1) is 0 Å². The van der Waals surface area contributed by atoms with Crippen LogP contribution in [0.4, 0.5) is 0 Å². The van der Waals surface area contributed by atoms with Crippen molar-refractivity contribution in [3.05, 3.63) is 48.7 Å². The van der Waals surface area contributed by atoms with Crippen molar-refractivity contribution in [2.45, 2.75) is 19.6 Å². The van der Waals surface area contributed by atoms with Gasteiger partial charge in [0, 0.05) is 5.56 Å². The summed E-state index contributed by atoms with van der Waals surface area (Å²) >= 11 is 0. The van der Waals surface area contributed by atoms with Gasteiger partial charge in [-0.3, -0.25) is 0 Å². The molecule has 2 heteroatoms. The van der Waals surface area contributed by atoms with E-state index in [0.717, 1.165) is 17.6 Å². The van der Waals surface area contributed by atoms with Crippen LogP contribution < -0.4 is 0 Å². The molecule has 1 rings (SSSR count). The molecule has 0 fully saturated rings. The molecule has 0 saturated heterocycles. The Morgan fingerprint density at radius 1 is 1.31 bits per heavy atom. The highest BCUT2D eigenvalue weighted by molar-refractivity contribution is 5.13. The molecule has 0 bridgehead atoms. The normalized spacial score (nSPS) is 13.2. The van der Waals surface area contributed by atoms with Crippen molar-refractivity contribution >= 4 is 0 Å². The lowest BCUT2D eigenvalue weighted by atomic mass is 10.2. The predicted octanol–water partition coefficient (Wildman–Crippen LogP) is 2.81. The van der Waals surface area contributed by atoms with Crippen LogP contribution in [0.2, 0.25) is 0 Å². The number of likely N-dealkylation sites (N-methyl/N-ethyl adjacent to an activating group) is 1. The van der Waals surface area contributed by atoms with Crippen molar-refractivity contribution < 1.29 is 9.22 Å². The molecule has 16 heavy (non-hydrogen) atoms. The molecule has 0 aliphatic carbocycles. The van der Waals surface area contributed by atoms with Crippen LogP contribution in [-0.2, 0) is 11.3 Å². The molecule has 88 valence electrons.